The lowest BCUT2D eigenvalue weighted by Crippen LogP contribution is -2.28. The minimum absolute atomic E-state index is 0.216. The van der Waals surface area contributed by atoms with Gasteiger partial charge in [-0.1, -0.05) is 11.8 Å². The molecule has 1 aliphatic rings. The maximum absolute atomic E-state index is 12.0. The summed E-state index contributed by atoms with van der Waals surface area (Å²) in [6.07, 6.45) is 2.32. The van der Waals surface area contributed by atoms with Gasteiger partial charge in [0, 0.05) is 13.2 Å². The van der Waals surface area contributed by atoms with Gasteiger partial charge in [0.15, 0.2) is 0 Å². The van der Waals surface area contributed by atoms with E-state index in [-0.39, 0.29) is 5.75 Å². The van der Waals surface area contributed by atoms with Crippen molar-refractivity contribution < 1.29 is 17.9 Å². The summed E-state index contributed by atoms with van der Waals surface area (Å²) >= 11 is 0.580. The van der Waals surface area contributed by atoms with Gasteiger partial charge in [-0.3, -0.25) is 0 Å². The van der Waals surface area contributed by atoms with E-state index in [9.17, 15) is 8.78 Å². The molecule has 1 aliphatic heterocycles. The molecule has 2 heterocycles. The Labute approximate surface area is 116 Å². The summed E-state index contributed by atoms with van der Waals surface area (Å²) in [4.78, 5) is 0. The molecule has 0 aliphatic carbocycles. The van der Waals surface area contributed by atoms with Crippen molar-refractivity contribution in [1.29, 1.82) is 0 Å². The molecule has 1 atom stereocenters. The number of furan rings is 1. The summed E-state index contributed by atoms with van der Waals surface area (Å²) in [5, 5.41) is 3.32. The van der Waals surface area contributed by atoms with E-state index in [0.29, 0.717) is 30.0 Å². The third-order valence-corrected chi connectivity index (χ3v) is 3.76. The highest BCUT2D eigenvalue weighted by Gasteiger charge is 2.13. The minimum Gasteiger partial charge on any atom is -0.464 e. The SMILES string of the molecule is FC(F)SCc1ccc(CNCC2CCCOC2)o1. The average Bonchev–Trinajstić information content (AvgIpc) is 2.86. The smallest absolute Gasteiger partial charge is 0.284 e. The number of hydrogen-bond acceptors (Lipinski definition) is 4. The molecule has 1 aromatic rings. The summed E-state index contributed by atoms with van der Waals surface area (Å²) in [6, 6.07) is 3.60. The van der Waals surface area contributed by atoms with Crippen molar-refractivity contribution in [3.63, 3.8) is 0 Å². The average molecular weight is 291 g/mol. The standard InChI is InChI=1S/C13H19F2NO2S/c14-13(15)19-9-12-4-3-11(18-12)7-16-6-10-2-1-5-17-8-10/h3-4,10,13,16H,1-2,5-9H2. The Morgan fingerprint density at radius 1 is 1.37 bits per heavy atom. The first kappa shape index (κ1) is 14.8. The summed E-state index contributed by atoms with van der Waals surface area (Å²) in [7, 11) is 0. The maximum Gasteiger partial charge on any atom is 0.284 e. The second-order valence-electron chi connectivity index (χ2n) is 4.65. The monoisotopic (exact) mass is 291 g/mol. The third-order valence-electron chi connectivity index (χ3n) is 3.06. The van der Waals surface area contributed by atoms with Gasteiger partial charge < -0.3 is 14.5 Å². The van der Waals surface area contributed by atoms with Crippen molar-refractivity contribution in [2.45, 2.75) is 30.9 Å². The molecule has 0 bridgehead atoms. The lowest BCUT2D eigenvalue weighted by atomic mass is 10.0. The Bertz CT molecular complexity index is 367. The van der Waals surface area contributed by atoms with E-state index in [1.807, 2.05) is 6.07 Å². The number of halogens is 2. The summed E-state index contributed by atoms with van der Waals surface area (Å²) in [5.74, 6) is -0.172. The third kappa shape index (κ3) is 5.50. The second-order valence-corrected chi connectivity index (χ2v) is 5.63. The molecule has 3 nitrogen and oxygen atoms in total. The largest absolute Gasteiger partial charge is 0.464 e. The molecule has 0 amide bonds. The van der Waals surface area contributed by atoms with E-state index in [2.05, 4.69) is 5.32 Å². The number of thioether (sulfide) groups is 1. The van der Waals surface area contributed by atoms with Crippen molar-refractivity contribution >= 4 is 11.8 Å². The molecule has 0 radical (unpaired) electrons. The van der Waals surface area contributed by atoms with Crippen molar-refractivity contribution in [3.05, 3.63) is 23.7 Å². The van der Waals surface area contributed by atoms with Gasteiger partial charge in [0.2, 0.25) is 0 Å². The van der Waals surface area contributed by atoms with Crippen LogP contribution in [0.5, 0.6) is 0 Å². The normalized spacial score (nSPS) is 20.1. The van der Waals surface area contributed by atoms with Crippen LogP contribution in [0.25, 0.3) is 0 Å². The van der Waals surface area contributed by atoms with E-state index < -0.39 is 5.76 Å². The van der Waals surface area contributed by atoms with Crippen LogP contribution >= 0.6 is 11.8 Å². The molecule has 0 saturated carbocycles. The molecule has 1 fully saturated rings. The molecule has 108 valence electrons. The van der Waals surface area contributed by atoms with Gasteiger partial charge in [0.1, 0.15) is 11.5 Å². The highest BCUT2D eigenvalue weighted by Crippen LogP contribution is 2.21. The molecule has 1 N–H and O–H groups in total. The van der Waals surface area contributed by atoms with Crippen LogP contribution in [-0.4, -0.2) is 25.5 Å². The highest BCUT2D eigenvalue weighted by molar-refractivity contribution is 7.98. The zero-order valence-electron chi connectivity index (χ0n) is 10.7. The van der Waals surface area contributed by atoms with Crippen LogP contribution in [0.15, 0.2) is 16.5 Å². The van der Waals surface area contributed by atoms with E-state index in [1.165, 1.54) is 6.42 Å². The van der Waals surface area contributed by atoms with Crippen molar-refractivity contribution in [3.8, 4) is 0 Å². The summed E-state index contributed by atoms with van der Waals surface area (Å²) in [6.45, 7) is 3.24. The van der Waals surface area contributed by atoms with E-state index in [0.717, 1.165) is 31.9 Å². The van der Waals surface area contributed by atoms with Gasteiger partial charge in [-0.15, -0.1) is 0 Å². The van der Waals surface area contributed by atoms with Crippen LogP contribution in [0.3, 0.4) is 0 Å². The van der Waals surface area contributed by atoms with Crippen LogP contribution in [-0.2, 0) is 17.0 Å². The van der Waals surface area contributed by atoms with Crippen LogP contribution in [0.1, 0.15) is 24.4 Å². The van der Waals surface area contributed by atoms with Gasteiger partial charge in [-0.25, -0.2) is 0 Å². The summed E-state index contributed by atoms with van der Waals surface area (Å²) in [5.41, 5.74) is 0. The molecule has 19 heavy (non-hydrogen) atoms. The van der Waals surface area contributed by atoms with Crippen molar-refractivity contribution in [2.75, 3.05) is 19.8 Å². The molecule has 2 rings (SSSR count). The number of ether oxygens (including phenoxy) is 1. The Balaban J connectivity index is 1.65. The van der Waals surface area contributed by atoms with E-state index in [1.54, 1.807) is 6.07 Å². The van der Waals surface area contributed by atoms with E-state index >= 15 is 0 Å². The van der Waals surface area contributed by atoms with E-state index in [4.69, 9.17) is 9.15 Å². The molecule has 6 heteroatoms. The second kappa shape index (κ2) is 7.87. The molecule has 0 spiro atoms. The number of rotatable bonds is 7. The van der Waals surface area contributed by atoms with Gasteiger partial charge >= 0.3 is 0 Å². The van der Waals surface area contributed by atoms with Gasteiger partial charge in [0.05, 0.1) is 18.9 Å². The Morgan fingerprint density at radius 3 is 2.95 bits per heavy atom. The summed E-state index contributed by atoms with van der Waals surface area (Å²) < 4.78 is 34.9. The Kier molecular flexibility index (Phi) is 6.13. The predicted octanol–water partition coefficient (Wildman–Crippen LogP) is 3.25. The number of alkyl halides is 2. The first-order chi connectivity index (χ1) is 9.24. The minimum atomic E-state index is -2.35. The first-order valence-electron chi connectivity index (χ1n) is 6.50. The fourth-order valence-corrected chi connectivity index (χ4v) is 2.55. The van der Waals surface area contributed by atoms with Gasteiger partial charge in [0.25, 0.3) is 5.76 Å². The molecule has 1 saturated heterocycles. The lowest BCUT2D eigenvalue weighted by Gasteiger charge is -2.21. The topological polar surface area (TPSA) is 34.4 Å². The fraction of sp³-hybridized carbons (Fsp3) is 0.692. The molecule has 1 unspecified atom stereocenters. The Morgan fingerprint density at radius 2 is 2.21 bits per heavy atom. The highest BCUT2D eigenvalue weighted by atomic mass is 32.2. The zero-order valence-corrected chi connectivity index (χ0v) is 11.6. The zero-order chi connectivity index (χ0) is 13.5. The van der Waals surface area contributed by atoms with Crippen LogP contribution in [0.2, 0.25) is 0 Å². The van der Waals surface area contributed by atoms with Crippen molar-refractivity contribution in [2.24, 2.45) is 5.92 Å². The number of nitrogens with one attached hydrogen (secondary N) is 1. The quantitative estimate of drug-likeness (QED) is 0.836. The van der Waals surface area contributed by atoms with Gasteiger partial charge in [-0.05, 0) is 30.9 Å². The predicted molar refractivity (Wildman–Crippen MR) is 71.3 cm³/mol. The lowest BCUT2D eigenvalue weighted by molar-refractivity contribution is 0.0546. The first-order valence-corrected chi connectivity index (χ1v) is 7.54. The molecular formula is C13H19F2NO2S. The molecule has 1 aromatic heterocycles. The maximum atomic E-state index is 12.0. The number of hydrogen-bond donors (Lipinski definition) is 1. The van der Waals surface area contributed by atoms with Crippen LogP contribution < -0.4 is 5.32 Å². The van der Waals surface area contributed by atoms with Crippen LogP contribution in [0, 0.1) is 5.92 Å². The van der Waals surface area contributed by atoms with Gasteiger partial charge in [-0.2, -0.15) is 8.78 Å². The fourth-order valence-electron chi connectivity index (χ4n) is 2.11. The Hall–Kier alpha value is -0.590. The van der Waals surface area contributed by atoms with Crippen LogP contribution in [0.4, 0.5) is 8.78 Å². The molecule has 0 aromatic carbocycles. The molecular weight excluding hydrogens is 272 g/mol. The van der Waals surface area contributed by atoms with Crippen molar-refractivity contribution in [1.82, 2.24) is 5.32 Å².